The van der Waals surface area contributed by atoms with Crippen LogP contribution in [0.3, 0.4) is 0 Å². The molecule has 92 valence electrons. The van der Waals surface area contributed by atoms with E-state index >= 15 is 0 Å². The summed E-state index contributed by atoms with van der Waals surface area (Å²) in [5.74, 6) is 1.27. The van der Waals surface area contributed by atoms with Gasteiger partial charge in [-0.05, 0) is 24.4 Å². The summed E-state index contributed by atoms with van der Waals surface area (Å²) >= 11 is 5.86. The molecule has 0 aliphatic carbocycles. The van der Waals surface area contributed by atoms with Crippen molar-refractivity contribution < 1.29 is 0 Å². The highest BCUT2D eigenvalue weighted by Gasteiger charge is 2.14. The molecule has 0 bridgehead atoms. The van der Waals surface area contributed by atoms with Crippen molar-refractivity contribution in [3.05, 3.63) is 11.6 Å². The molecule has 0 aliphatic rings. The van der Waals surface area contributed by atoms with Crippen LogP contribution in [0, 0.1) is 5.92 Å². The summed E-state index contributed by atoms with van der Waals surface area (Å²) in [5, 5.41) is 3.57. The Labute approximate surface area is 105 Å². The average molecular weight is 254 g/mol. The third-order valence-corrected chi connectivity index (χ3v) is 3.29. The SMILES string of the molecule is CCC(C)C(C)Nc1nc(Cl)nc2nc[nH]c12. The molecule has 0 aliphatic heterocycles. The van der Waals surface area contributed by atoms with Gasteiger partial charge in [-0.3, -0.25) is 0 Å². The quantitative estimate of drug-likeness (QED) is 0.823. The zero-order valence-electron chi connectivity index (χ0n) is 10.2. The second-order valence-corrected chi connectivity index (χ2v) is 4.60. The van der Waals surface area contributed by atoms with Crippen molar-refractivity contribution in [3.8, 4) is 0 Å². The molecule has 2 aromatic heterocycles. The van der Waals surface area contributed by atoms with Gasteiger partial charge in [0, 0.05) is 6.04 Å². The van der Waals surface area contributed by atoms with Crippen LogP contribution in [0.25, 0.3) is 11.2 Å². The Morgan fingerprint density at radius 2 is 2.18 bits per heavy atom. The molecule has 0 radical (unpaired) electrons. The smallest absolute Gasteiger partial charge is 0.226 e. The molecule has 0 amide bonds. The number of rotatable bonds is 4. The molecule has 2 heterocycles. The van der Waals surface area contributed by atoms with Gasteiger partial charge < -0.3 is 10.3 Å². The number of hydrogen-bond acceptors (Lipinski definition) is 4. The van der Waals surface area contributed by atoms with Gasteiger partial charge in [0.05, 0.1) is 6.33 Å². The average Bonchev–Trinajstić information content (AvgIpc) is 2.75. The maximum Gasteiger partial charge on any atom is 0.226 e. The lowest BCUT2D eigenvalue weighted by molar-refractivity contribution is 0.494. The zero-order valence-corrected chi connectivity index (χ0v) is 10.9. The first-order valence-electron chi connectivity index (χ1n) is 5.75. The maximum atomic E-state index is 5.86. The van der Waals surface area contributed by atoms with Crippen LogP contribution in [-0.2, 0) is 0 Å². The van der Waals surface area contributed by atoms with Crippen LogP contribution in [-0.4, -0.2) is 26.0 Å². The molecule has 0 saturated heterocycles. The van der Waals surface area contributed by atoms with Crippen LogP contribution in [0.15, 0.2) is 6.33 Å². The van der Waals surface area contributed by atoms with Crippen molar-refractivity contribution in [1.29, 1.82) is 0 Å². The normalized spacial score (nSPS) is 14.8. The van der Waals surface area contributed by atoms with E-state index in [2.05, 4.69) is 46.0 Å². The van der Waals surface area contributed by atoms with Gasteiger partial charge in [-0.1, -0.05) is 20.3 Å². The van der Waals surface area contributed by atoms with E-state index in [9.17, 15) is 0 Å². The Kier molecular flexibility index (Phi) is 3.47. The molecule has 2 rings (SSSR count). The second-order valence-electron chi connectivity index (χ2n) is 4.26. The van der Waals surface area contributed by atoms with Crippen molar-refractivity contribution >= 4 is 28.6 Å². The van der Waals surface area contributed by atoms with Gasteiger partial charge in [0.15, 0.2) is 11.5 Å². The highest BCUT2D eigenvalue weighted by molar-refractivity contribution is 6.28. The van der Waals surface area contributed by atoms with Crippen molar-refractivity contribution in [3.63, 3.8) is 0 Å². The number of aromatic amines is 1. The summed E-state index contributed by atoms with van der Waals surface area (Å²) in [6.45, 7) is 6.50. The minimum absolute atomic E-state index is 0.212. The first kappa shape index (κ1) is 12.1. The summed E-state index contributed by atoms with van der Waals surface area (Å²) in [5.41, 5.74) is 1.38. The number of anilines is 1. The molecule has 2 aromatic rings. The van der Waals surface area contributed by atoms with Gasteiger partial charge in [-0.2, -0.15) is 9.97 Å². The van der Waals surface area contributed by atoms with Gasteiger partial charge in [0.1, 0.15) is 5.52 Å². The van der Waals surface area contributed by atoms with E-state index in [1.54, 1.807) is 6.33 Å². The lowest BCUT2D eigenvalue weighted by atomic mass is 10.0. The molecular weight excluding hydrogens is 238 g/mol. The van der Waals surface area contributed by atoms with Crippen LogP contribution in [0.4, 0.5) is 5.82 Å². The van der Waals surface area contributed by atoms with Crippen molar-refractivity contribution in [1.82, 2.24) is 19.9 Å². The van der Waals surface area contributed by atoms with Crippen LogP contribution in [0.1, 0.15) is 27.2 Å². The molecule has 5 nitrogen and oxygen atoms in total. The lowest BCUT2D eigenvalue weighted by Gasteiger charge is -2.20. The first-order chi connectivity index (χ1) is 8.11. The van der Waals surface area contributed by atoms with E-state index in [0.29, 0.717) is 23.4 Å². The highest BCUT2D eigenvalue weighted by Crippen LogP contribution is 2.21. The van der Waals surface area contributed by atoms with E-state index in [4.69, 9.17) is 11.6 Å². The first-order valence-corrected chi connectivity index (χ1v) is 6.12. The van der Waals surface area contributed by atoms with Crippen molar-refractivity contribution in [2.75, 3.05) is 5.32 Å². The number of hydrogen-bond donors (Lipinski definition) is 2. The fourth-order valence-corrected chi connectivity index (χ4v) is 1.79. The summed E-state index contributed by atoms with van der Waals surface area (Å²) in [6.07, 6.45) is 2.70. The van der Waals surface area contributed by atoms with Crippen LogP contribution in [0.5, 0.6) is 0 Å². The number of imidazole rings is 1. The van der Waals surface area contributed by atoms with E-state index in [1.807, 2.05) is 0 Å². The minimum Gasteiger partial charge on any atom is -0.365 e. The van der Waals surface area contributed by atoms with Gasteiger partial charge >= 0.3 is 0 Å². The van der Waals surface area contributed by atoms with Crippen molar-refractivity contribution in [2.24, 2.45) is 5.92 Å². The number of aromatic nitrogens is 4. The third kappa shape index (κ3) is 2.49. The molecular formula is C11H16ClN5. The topological polar surface area (TPSA) is 66.5 Å². The Bertz CT molecular complexity index is 510. The molecule has 6 heteroatoms. The molecule has 2 atom stereocenters. The Hall–Kier alpha value is -1.36. The monoisotopic (exact) mass is 253 g/mol. The number of fused-ring (bicyclic) bond motifs is 1. The maximum absolute atomic E-state index is 5.86. The predicted octanol–water partition coefficient (Wildman–Crippen LogP) is 2.85. The molecule has 17 heavy (non-hydrogen) atoms. The number of nitrogens with one attached hydrogen (secondary N) is 2. The van der Waals surface area contributed by atoms with Gasteiger partial charge in [0.2, 0.25) is 5.28 Å². The zero-order chi connectivity index (χ0) is 12.4. The lowest BCUT2D eigenvalue weighted by Crippen LogP contribution is -2.24. The van der Waals surface area contributed by atoms with Crippen LogP contribution < -0.4 is 5.32 Å². The fraction of sp³-hybridized carbons (Fsp3) is 0.545. The molecule has 2 N–H and O–H groups in total. The van der Waals surface area contributed by atoms with Crippen LogP contribution >= 0.6 is 11.6 Å². The summed E-state index contributed by atoms with van der Waals surface area (Å²) in [6, 6.07) is 0.317. The Morgan fingerprint density at radius 1 is 1.41 bits per heavy atom. The number of halogens is 1. The standard InChI is InChI=1S/C11H16ClN5/c1-4-6(2)7(3)15-10-8-9(14-5-13-8)16-11(12)17-10/h5-7H,4H2,1-3H3,(H2,13,14,15,16,17). The Morgan fingerprint density at radius 3 is 2.88 bits per heavy atom. The predicted molar refractivity (Wildman–Crippen MR) is 69.2 cm³/mol. The highest BCUT2D eigenvalue weighted by atomic mass is 35.5. The molecule has 2 unspecified atom stereocenters. The van der Waals surface area contributed by atoms with E-state index in [-0.39, 0.29) is 5.28 Å². The number of nitrogens with zero attached hydrogens (tertiary/aromatic N) is 3. The van der Waals surface area contributed by atoms with E-state index in [1.165, 1.54) is 0 Å². The van der Waals surface area contributed by atoms with Gasteiger partial charge in [0.25, 0.3) is 0 Å². The number of H-pyrrole nitrogens is 1. The summed E-state index contributed by atoms with van der Waals surface area (Å²) in [7, 11) is 0. The molecule has 0 fully saturated rings. The summed E-state index contributed by atoms with van der Waals surface area (Å²) < 4.78 is 0. The minimum atomic E-state index is 0.212. The third-order valence-electron chi connectivity index (χ3n) is 3.12. The molecule has 0 aromatic carbocycles. The fourth-order valence-electron chi connectivity index (χ4n) is 1.62. The largest absolute Gasteiger partial charge is 0.365 e. The molecule has 0 saturated carbocycles. The van der Waals surface area contributed by atoms with E-state index in [0.717, 1.165) is 11.9 Å². The summed E-state index contributed by atoms with van der Waals surface area (Å²) in [4.78, 5) is 15.3. The second kappa shape index (κ2) is 4.87. The van der Waals surface area contributed by atoms with Gasteiger partial charge in [-0.25, -0.2) is 4.98 Å². The Balaban J connectivity index is 2.31. The van der Waals surface area contributed by atoms with Crippen LogP contribution in [0.2, 0.25) is 5.28 Å². The van der Waals surface area contributed by atoms with Crippen molar-refractivity contribution in [2.45, 2.75) is 33.2 Å². The molecule has 0 spiro atoms. The van der Waals surface area contributed by atoms with E-state index < -0.39 is 0 Å². The van der Waals surface area contributed by atoms with Gasteiger partial charge in [-0.15, -0.1) is 0 Å².